The number of carbonyl (C=O) groups excluding carboxylic acids is 4. The standard InChI is InChI=1S/2C10H10N4O.4C7H5FO2.2Cu/c2*1-15-9-5-8(13-10(11)14-9)7-3-2-4-12-6-7;4*8-6-4-2-1-3-5(6)7(9)10;;/h2*2-6H,1H3,(H2,11,13,14);4*1-4H,(H,9,10);;/q;;;;;;2*+2/p-4. The van der Waals surface area contributed by atoms with E-state index in [2.05, 4.69) is 29.9 Å². The molecule has 4 aromatic heterocycles. The van der Waals surface area contributed by atoms with E-state index in [0.29, 0.717) is 23.1 Å². The van der Waals surface area contributed by atoms with Crippen molar-refractivity contribution >= 4 is 35.8 Å². The summed E-state index contributed by atoms with van der Waals surface area (Å²) in [6.45, 7) is 0. The summed E-state index contributed by atoms with van der Waals surface area (Å²) in [6.07, 6.45) is 6.82. The molecule has 0 saturated carbocycles. The van der Waals surface area contributed by atoms with Crippen LogP contribution in [-0.4, -0.2) is 68.0 Å². The topological polar surface area (TPSA) is 308 Å². The zero-order chi connectivity index (χ0) is 51.6. The monoisotopic (exact) mass is 1090 g/mol. The van der Waals surface area contributed by atoms with Gasteiger partial charge in [0.05, 0.1) is 49.5 Å². The van der Waals surface area contributed by atoms with Crippen LogP contribution in [0.15, 0.2) is 158 Å². The molecule has 0 aliphatic rings. The number of carboxylic acids is 4. The molecule has 0 spiro atoms. The van der Waals surface area contributed by atoms with Gasteiger partial charge in [-0.25, -0.2) is 27.5 Å². The van der Waals surface area contributed by atoms with Gasteiger partial charge in [0.15, 0.2) is 0 Å². The number of nitrogen functional groups attached to an aromatic ring is 2. The van der Waals surface area contributed by atoms with Crippen LogP contribution in [-0.2, 0) is 34.1 Å². The number of hydrogen-bond acceptors (Lipinski definition) is 18. The van der Waals surface area contributed by atoms with Gasteiger partial charge in [-0.1, -0.05) is 72.8 Å². The Morgan fingerprint density at radius 2 is 0.694 bits per heavy atom. The predicted octanol–water partition coefficient (Wildman–Crippen LogP) is 3.01. The molecule has 18 nitrogen and oxygen atoms in total. The Hall–Kier alpha value is -8.82. The molecule has 4 N–H and O–H groups in total. The number of pyridine rings is 2. The molecule has 4 aromatic carbocycles. The van der Waals surface area contributed by atoms with Crippen molar-refractivity contribution in [3.05, 3.63) is 204 Å². The van der Waals surface area contributed by atoms with E-state index in [9.17, 15) is 57.2 Å². The molecular weight excluding hydrogens is 1050 g/mol. The third-order valence-electron chi connectivity index (χ3n) is 8.15. The number of halogens is 4. The molecule has 0 aliphatic carbocycles. The van der Waals surface area contributed by atoms with Crippen molar-refractivity contribution in [3.8, 4) is 34.3 Å². The summed E-state index contributed by atoms with van der Waals surface area (Å²) >= 11 is 0. The first-order valence-electron chi connectivity index (χ1n) is 19.5. The number of methoxy groups -OCH3 is 2. The van der Waals surface area contributed by atoms with Crippen LogP contribution >= 0.6 is 0 Å². The Labute approximate surface area is 428 Å². The van der Waals surface area contributed by atoms with E-state index < -0.39 is 69.4 Å². The minimum Gasteiger partial charge on any atom is -0.545 e. The molecule has 0 bridgehead atoms. The number of aromatic carboxylic acids is 4. The van der Waals surface area contributed by atoms with Gasteiger partial charge in [-0.3, -0.25) is 9.97 Å². The maximum absolute atomic E-state index is 12.4. The van der Waals surface area contributed by atoms with Crippen LogP contribution in [0, 0.1) is 23.3 Å². The number of ether oxygens (including phenoxy) is 2. The number of aromatic nitrogens is 6. The molecule has 378 valence electrons. The third-order valence-corrected chi connectivity index (χ3v) is 8.15. The van der Waals surface area contributed by atoms with E-state index in [1.54, 1.807) is 36.9 Å². The van der Waals surface area contributed by atoms with Crippen molar-refractivity contribution in [1.82, 2.24) is 29.9 Å². The minimum absolute atomic E-state index is 0. The van der Waals surface area contributed by atoms with Crippen LogP contribution < -0.4 is 41.4 Å². The largest absolute Gasteiger partial charge is 2.00 e. The number of anilines is 2. The summed E-state index contributed by atoms with van der Waals surface area (Å²) < 4.78 is 59.7. The minimum atomic E-state index is -1.49. The number of hydrogen-bond donors (Lipinski definition) is 2. The zero-order valence-corrected chi connectivity index (χ0v) is 38.9. The summed E-state index contributed by atoms with van der Waals surface area (Å²) in [5.74, 6) is -7.73. The van der Waals surface area contributed by atoms with Crippen LogP contribution in [0.25, 0.3) is 22.5 Å². The van der Waals surface area contributed by atoms with E-state index in [-0.39, 0.29) is 46.0 Å². The summed E-state index contributed by atoms with van der Waals surface area (Å²) in [6, 6.07) is 31.2. The van der Waals surface area contributed by atoms with Gasteiger partial charge in [-0.2, -0.15) is 9.97 Å². The Balaban J connectivity index is 0.000000434. The average Bonchev–Trinajstić information content (AvgIpc) is 3.35. The van der Waals surface area contributed by atoms with Crippen molar-refractivity contribution in [2.24, 2.45) is 0 Å². The first kappa shape index (κ1) is 61.2. The normalized spacial score (nSPS) is 9.31. The van der Waals surface area contributed by atoms with Crippen LogP contribution in [0.4, 0.5) is 29.5 Å². The Morgan fingerprint density at radius 1 is 0.431 bits per heavy atom. The molecule has 8 rings (SSSR count). The molecule has 0 fully saturated rings. The fourth-order valence-corrected chi connectivity index (χ4v) is 4.93. The number of nitrogens with zero attached hydrogens (tertiary/aromatic N) is 6. The van der Waals surface area contributed by atoms with E-state index in [4.69, 9.17) is 20.9 Å². The van der Waals surface area contributed by atoms with Gasteiger partial charge in [0.2, 0.25) is 23.7 Å². The van der Waals surface area contributed by atoms with Gasteiger partial charge in [0.25, 0.3) is 0 Å². The summed E-state index contributed by atoms with van der Waals surface area (Å²) in [5, 5.41) is 40.3. The van der Waals surface area contributed by atoms with E-state index in [1.807, 2.05) is 24.3 Å². The van der Waals surface area contributed by atoms with Crippen molar-refractivity contribution in [2.45, 2.75) is 0 Å². The average molecular weight is 1090 g/mol. The Morgan fingerprint density at radius 3 is 0.889 bits per heavy atom. The predicted molar refractivity (Wildman–Crippen MR) is 235 cm³/mol. The van der Waals surface area contributed by atoms with Crippen molar-refractivity contribution in [2.75, 3.05) is 25.7 Å². The molecule has 0 atom stereocenters. The van der Waals surface area contributed by atoms with Gasteiger partial charge >= 0.3 is 34.1 Å². The molecule has 0 aliphatic heterocycles. The molecule has 72 heavy (non-hydrogen) atoms. The second-order valence-electron chi connectivity index (χ2n) is 12.9. The molecule has 8 aromatic rings. The number of rotatable bonds is 8. The van der Waals surface area contributed by atoms with Crippen molar-refractivity contribution in [3.63, 3.8) is 0 Å². The third kappa shape index (κ3) is 20.8. The maximum atomic E-state index is 12.4. The smallest absolute Gasteiger partial charge is 0.545 e. The van der Waals surface area contributed by atoms with Crippen LogP contribution in [0.2, 0.25) is 0 Å². The molecule has 0 amide bonds. The van der Waals surface area contributed by atoms with Gasteiger partial charge in [0.1, 0.15) is 23.3 Å². The van der Waals surface area contributed by atoms with E-state index in [1.165, 1.54) is 62.8 Å². The molecule has 2 radical (unpaired) electrons. The summed E-state index contributed by atoms with van der Waals surface area (Å²) in [7, 11) is 3.07. The molecule has 0 saturated heterocycles. The van der Waals surface area contributed by atoms with E-state index >= 15 is 0 Å². The summed E-state index contributed by atoms with van der Waals surface area (Å²) in [4.78, 5) is 64.3. The molecular formula is C48H36Cu2F4N8O10. The van der Waals surface area contributed by atoms with E-state index in [0.717, 1.165) is 59.7 Å². The molecule has 24 heteroatoms. The van der Waals surface area contributed by atoms with Crippen LogP contribution in [0.5, 0.6) is 11.8 Å². The molecule has 0 unspecified atom stereocenters. The van der Waals surface area contributed by atoms with Crippen LogP contribution in [0.3, 0.4) is 0 Å². The number of carbonyl (C=O) groups is 4. The second-order valence-corrected chi connectivity index (χ2v) is 12.9. The Bertz CT molecular complexity index is 2680. The quantitative estimate of drug-likeness (QED) is 0.163. The first-order chi connectivity index (χ1) is 33.4. The van der Waals surface area contributed by atoms with Crippen molar-refractivity contribution < 1.29 is 101 Å². The number of carboxylic acid groups (broad SMARTS) is 4. The first-order valence-corrected chi connectivity index (χ1v) is 19.5. The van der Waals surface area contributed by atoms with Crippen molar-refractivity contribution in [1.29, 1.82) is 0 Å². The maximum Gasteiger partial charge on any atom is 2.00 e. The second kappa shape index (κ2) is 32.1. The summed E-state index contributed by atoms with van der Waals surface area (Å²) in [5.41, 5.74) is 12.7. The molecule has 4 heterocycles. The van der Waals surface area contributed by atoms with Gasteiger partial charge in [-0.05, 0) is 48.5 Å². The zero-order valence-electron chi connectivity index (χ0n) is 37.0. The SMILES string of the molecule is COc1cc(-c2cccnc2)nc(N)n1.COc1cc(-c2cccnc2)nc(N)n1.O=C([O-])c1ccccc1F.O=C([O-])c1ccccc1F.O=C([O-])c1ccccc1F.O=C([O-])c1ccccc1F.[Cu+2].[Cu+2]. The van der Waals surface area contributed by atoms with Gasteiger partial charge in [0, 0.05) is 70.3 Å². The Kier molecular flexibility index (Phi) is 27.3. The van der Waals surface area contributed by atoms with Crippen LogP contribution in [0.1, 0.15) is 41.4 Å². The van der Waals surface area contributed by atoms with Gasteiger partial charge < -0.3 is 60.5 Å². The van der Waals surface area contributed by atoms with Gasteiger partial charge in [-0.15, -0.1) is 0 Å². The number of nitrogens with two attached hydrogens (primary N) is 2. The fourth-order valence-electron chi connectivity index (χ4n) is 4.93. The number of benzene rings is 4. The fraction of sp³-hybridized carbons (Fsp3) is 0.0417.